The highest BCUT2D eigenvalue weighted by Gasteiger charge is 2.46. The van der Waals surface area contributed by atoms with Gasteiger partial charge in [0.2, 0.25) is 0 Å². The first kappa shape index (κ1) is 19.8. The van der Waals surface area contributed by atoms with Crippen molar-refractivity contribution >= 4 is 28.8 Å². The number of aryl methyl sites for hydroxylation is 1. The Labute approximate surface area is 178 Å². The van der Waals surface area contributed by atoms with Gasteiger partial charge in [0.15, 0.2) is 12.4 Å². The number of hydrogen-bond donors (Lipinski definition) is 1. The average Bonchev–Trinajstić information content (AvgIpc) is 3.37. The molecule has 0 saturated carbocycles. The van der Waals surface area contributed by atoms with Crippen LogP contribution in [0.15, 0.2) is 65.8 Å². The van der Waals surface area contributed by atoms with Crippen molar-refractivity contribution in [2.75, 3.05) is 7.11 Å². The van der Waals surface area contributed by atoms with Crippen LogP contribution in [0.2, 0.25) is 0 Å². The third-order valence-corrected chi connectivity index (χ3v) is 6.07. The average molecular weight is 421 g/mol. The van der Waals surface area contributed by atoms with Crippen LogP contribution in [0.25, 0.3) is 5.76 Å². The van der Waals surface area contributed by atoms with Crippen LogP contribution in [0, 0.1) is 6.92 Å². The fraction of sp³-hybridized carbons (Fsp3) is 0.174. The molecule has 1 amide bonds. The number of amides is 1. The highest BCUT2D eigenvalue weighted by Crippen LogP contribution is 2.42. The van der Waals surface area contributed by atoms with Gasteiger partial charge < -0.3 is 14.7 Å². The number of aromatic amines is 1. The van der Waals surface area contributed by atoms with Crippen LogP contribution >= 0.6 is 11.3 Å². The molecule has 6 nitrogen and oxygen atoms in total. The number of nitrogens with one attached hydrogen (secondary N) is 1. The number of carbonyl (C=O) groups excluding carboxylic acids is 2. The molecule has 152 valence electrons. The SMILES string of the molecule is COc1ccc(C(O)=C2C(=O)C(=O)N(Cc3ccc[nH+]c3)C2c2cccs2)cc1C. The first-order valence-electron chi connectivity index (χ1n) is 9.43. The Hall–Kier alpha value is -3.45. The second-order valence-corrected chi connectivity index (χ2v) is 8.02. The van der Waals surface area contributed by atoms with Crippen LogP contribution in [0.5, 0.6) is 5.75 Å². The largest absolute Gasteiger partial charge is 0.507 e. The summed E-state index contributed by atoms with van der Waals surface area (Å²) in [6.45, 7) is 2.11. The number of methoxy groups -OCH3 is 1. The zero-order chi connectivity index (χ0) is 21.3. The predicted molar refractivity (Wildman–Crippen MR) is 113 cm³/mol. The minimum absolute atomic E-state index is 0.104. The van der Waals surface area contributed by atoms with E-state index in [0.717, 1.165) is 16.0 Å². The fourth-order valence-corrected chi connectivity index (χ4v) is 4.54. The van der Waals surface area contributed by atoms with Gasteiger partial charge in [-0.25, -0.2) is 4.98 Å². The van der Waals surface area contributed by atoms with Crippen molar-refractivity contribution in [2.45, 2.75) is 19.5 Å². The van der Waals surface area contributed by atoms with Crippen molar-refractivity contribution in [2.24, 2.45) is 0 Å². The Bertz CT molecular complexity index is 1120. The van der Waals surface area contributed by atoms with Gasteiger partial charge in [0.1, 0.15) is 11.5 Å². The van der Waals surface area contributed by atoms with Gasteiger partial charge in [0, 0.05) is 22.1 Å². The summed E-state index contributed by atoms with van der Waals surface area (Å²) >= 11 is 1.44. The van der Waals surface area contributed by atoms with Crippen LogP contribution in [-0.2, 0) is 16.1 Å². The van der Waals surface area contributed by atoms with E-state index in [-0.39, 0.29) is 17.9 Å². The van der Waals surface area contributed by atoms with Gasteiger partial charge in [-0.2, -0.15) is 0 Å². The normalized spacial score (nSPS) is 18.1. The van der Waals surface area contributed by atoms with Gasteiger partial charge in [0.05, 0.1) is 25.3 Å². The molecule has 1 unspecified atom stereocenters. The monoisotopic (exact) mass is 421 g/mol. The number of Topliss-reactive ketones (excluding diaryl/α,β-unsaturated/α-hetero) is 1. The van der Waals surface area contributed by atoms with E-state index in [0.29, 0.717) is 11.3 Å². The summed E-state index contributed by atoms with van der Waals surface area (Å²) in [6.07, 6.45) is 3.57. The summed E-state index contributed by atoms with van der Waals surface area (Å²) in [5.41, 5.74) is 2.26. The first-order chi connectivity index (χ1) is 14.5. The zero-order valence-electron chi connectivity index (χ0n) is 16.6. The number of thiophene rings is 1. The molecular weight excluding hydrogens is 400 g/mol. The maximum Gasteiger partial charge on any atom is 0.295 e. The second-order valence-electron chi connectivity index (χ2n) is 7.04. The number of pyridine rings is 1. The summed E-state index contributed by atoms with van der Waals surface area (Å²) in [7, 11) is 1.57. The summed E-state index contributed by atoms with van der Waals surface area (Å²) < 4.78 is 5.28. The fourth-order valence-electron chi connectivity index (χ4n) is 3.69. The number of aromatic nitrogens is 1. The molecule has 30 heavy (non-hydrogen) atoms. The maximum absolute atomic E-state index is 13.0. The van der Waals surface area contributed by atoms with Crippen LogP contribution < -0.4 is 9.72 Å². The lowest BCUT2D eigenvalue weighted by Crippen LogP contribution is -2.29. The minimum Gasteiger partial charge on any atom is -0.507 e. The van der Waals surface area contributed by atoms with Gasteiger partial charge in [-0.3, -0.25) is 9.59 Å². The topological polar surface area (TPSA) is 81.0 Å². The summed E-state index contributed by atoms with van der Waals surface area (Å²) in [6, 6.07) is 12.0. The molecule has 3 heterocycles. The smallest absolute Gasteiger partial charge is 0.295 e. The van der Waals surface area contributed by atoms with E-state index in [1.165, 1.54) is 16.2 Å². The van der Waals surface area contributed by atoms with Gasteiger partial charge in [-0.05, 0) is 48.2 Å². The van der Waals surface area contributed by atoms with E-state index in [1.54, 1.807) is 37.7 Å². The van der Waals surface area contributed by atoms with E-state index in [9.17, 15) is 14.7 Å². The van der Waals surface area contributed by atoms with E-state index >= 15 is 0 Å². The molecule has 0 radical (unpaired) electrons. The van der Waals surface area contributed by atoms with Crippen LogP contribution in [0.1, 0.15) is 27.6 Å². The third-order valence-electron chi connectivity index (χ3n) is 5.15. The first-order valence-corrected chi connectivity index (χ1v) is 10.3. The number of benzene rings is 1. The maximum atomic E-state index is 13.0. The lowest BCUT2D eigenvalue weighted by atomic mass is 9.98. The van der Waals surface area contributed by atoms with Crippen molar-refractivity contribution in [3.8, 4) is 5.75 Å². The molecule has 2 aromatic heterocycles. The van der Waals surface area contributed by atoms with E-state index in [4.69, 9.17) is 4.74 Å². The van der Waals surface area contributed by atoms with Crippen molar-refractivity contribution < 1.29 is 24.4 Å². The van der Waals surface area contributed by atoms with Gasteiger partial charge in [-0.1, -0.05) is 6.07 Å². The molecule has 1 saturated heterocycles. The molecule has 3 aromatic rings. The molecule has 1 fully saturated rings. The summed E-state index contributed by atoms with van der Waals surface area (Å²) in [5, 5.41) is 13.0. The molecule has 1 aliphatic heterocycles. The lowest BCUT2D eigenvalue weighted by molar-refractivity contribution is -0.378. The van der Waals surface area contributed by atoms with E-state index in [2.05, 4.69) is 4.98 Å². The molecule has 1 aliphatic rings. The quantitative estimate of drug-likeness (QED) is 0.388. The highest BCUT2D eigenvalue weighted by molar-refractivity contribution is 7.10. The number of ketones is 1. The molecule has 0 aliphatic carbocycles. The number of hydrogen-bond acceptors (Lipinski definition) is 5. The number of nitrogens with zero attached hydrogens (tertiary/aromatic N) is 1. The number of carbonyl (C=O) groups is 2. The Balaban J connectivity index is 1.83. The molecule has 4 rings (SSSR count). The number of aliphatic hydroxyl groups excluding tert-OH is 1. The van der Waals surface area contributed by atoms with Crippen molar-refractivity contribution in [3.05, 3.63) is 87.4 Å². The Morgan fingerprint density at radius 3 is 2.70 bits per heavy atom. The van der Waals surface area contributed by atoms with Gasteiger partial charge in [-0.15, -0.1) is 11.3 Å². The van der Waals surface area contributed by atoms with Gasteiger partial charge in [0.25, 0.3) is 11.7 Å². The number of H-pyrrole nitrogens is 1. The van der Waals surface area contributed by atoms with Crippen LogP contribution in [0.3, 0.4) is 0 Å². The molecule has 7 heteroatoms. The summed E-state index contributed by atoms with van der Waals surface area (Å²) in [4.78, 5) is 31.3. The van der Waals surface area contributed by atoms with Crippen molar-refractivity contribution in [1.82, 2.24) is 4.90 Å². The van der Waals surface area contributed by atoms with E-state index < -0.39 is 17.7 Å². The van der Waals surface area contributed by atoms with E-state index in [1.807, 2.05) is 36.6 Å². The predicted octanol–water partition coefficient (Wildman–Crippen LogP) is 3.50. The zero-order valence-corrected chi connectivity index (χ0v) is 17.4. The van der Waals surface area contributed by atoms with Crippen LogP contribution in [-0.4, -0.2) is 28.8 Å². The molecule has 0 spiro atoms. The Kier molecular flexibility index (Phi) is 5.37. The number of aliphatic hydroxyl groups is 1. The van der Waals surface area contributed by atoms with Crippen molar-refractivity contribution in [1.29, 1.82) is 0 Å². The number of ether oxygens (including phenoxy) is 1. The third kappa shape index (κ3) is 3.48. The lowest BCUT2D eigenvalue weighted by Gasteiger charge is -2.23. The second kappa shape index (κ2) is 8.12. The van der Waals surface area contributed by atoms with Gasteiger partial charge >= 0.3 is 0 Å². The Morgan fingerprint density at radius 1 is 1.23 bits per heavy atom. The molecular formula is C23H21N2O4S+. The number of likely N-dealkylation sites (tertiary alicyclic amines) is 1. The van der Waals surface area contributed by atoms with Crippen molar-refractivity contribution in [3.63, 3.8) is 0 Å². The summed E-state index contributed by atoms with van der Waals surface area (Å²) in [5.74, 6) is -0.801. The molecule has 2 N–H and O–H groups in total. The standard InChI is InChI=1S/C23H20N2O4S/c1-14-11-16(7-8-17(14)29-2)21(26)19-20(18-6-4-10-30-18)25(23(28)22(19)27)13-15-5-3-9-24-12-15/h3-12,20,26H,13H2,1-2H3/p+1. The Morgan fingerprint density at radius 2 is 2.07 bits per heavy atom. The highest BCUT2D eigenvalue weighted by atomic mass is 32.1. The molecule has 1 aromatic carbocycles. The minimum atomic E-state index is -0.681. The number of rotatable bonds is 5. The molecule has 1 atom stereocenters. The van der Waals surface area contributed by atoms with Crippen LogP contribution in [0.4, 0.5) is 0 Å². The molecule has 0 bridgehead atoms.